The number of hydrogen-bond acceptors (Lipinski definition) is 1. The van der Waals surface area contributed by atoms with Gasteiger partial charge in [0.05, 0.1) is 0 Å². The SMILES string of the molecule is CC(Br)(Br)C(=O)CCCCl. The maximum Gasteiger partial charge on any atom is 0.159 e. The molecular weight excluding hydrogens is 283 g/mol. The van der Waals surface area contributed by atoms with Crippen LogP contribution in [0, 0.1) is 0 Å². The zero-order valence-corrected chi connectivity index (χ0v) is 9.59. The molecule has 1 nitrogen and oxygen atoms in total. The van der Waals surface area contributed by atoms with Gasteiger partial charge in [-0.05, 0) is 13.3 Å². The van der Waals surface area contributed by atoms with Crippen LogP contribution in [0.25, 0.3) is 0 Å². The van der Waals surface area contributed by atoms with E-state index in [1.165, 1.54) is 0 Å². The van der Waals surface area contributed by atoms with E-state index in [-0.39, 0.29) is 5.78 Å². The summed E-state index contributed by atoms with van der Waals surface area (Å²) in [6.45, 7) is 1.77. The number of rotatable bonds is 4. The summed E-state index contributed by atoms with van der Waals surface area (Å²) < 4.78 is -0.563. The first-order chi connectivity index (χ1) is 4.48. The average molecular weight is 292 g/mol. The van der Waals surface area contributed by atoms with Crippen molar-refractivity contribution in [2.75, 3.05) is 5.88 Å². The Morgan fingerprint density at radius 1 is 1.60 bits per heavy atom. The van der Waals surface area contributed by atoms with Crippen LogP contribution in [0.3, 0.4) is 0 Å². The number of Topliss-reactive ketones (excluding diaryl/α,β-unsaturated/α-hetero) is 1. The van der Waals surface area contributed by atoms with Crippen molar-refractivity contribution in [1.82, 2.24) is 0 Å². The van der Waals surface area contributed by atoms with Gasteiger partial charge in [-0.3, -0.25) is 4.79 Å². The highest BCUT2D eigenvalue weighted by atomic mass is 79.9. The number of carbonyl (C=O) groups is 1. The lowest BCUT2D eigenvalue weighted by Crippen LogP contribution is -2.19. The number of ketones is 1. The molecular formula is C6H9Br2ClO. The predicted molar refractivity (Wildman–Crippen MR) is 51.2 cm³/mol. The van der Waals surface area contributed by atoms with Crippen molar-refractivity contribution in [3.63, 3.8) is 0 Å². The van der Waals surface area contributed by atoms with Gasteiger partial charge < -0.3 is 0 Å². The summed E-state index contributed by atoms with van der Waals surface area (Å²) in [7, 11) is 0. The number of halogens is 3. The second kappa shape index (κ2) is 4.73. The molecule has 60 valence electrons. The van der Waals surface area contributed by atoms with Crippen molar-refractivity contribution >= 4 is 49.2 Å². The first-order valence-electron chi connectivity index (χ1n) is 2.95. The third-order valence-electron chi connectivity index (χ3n) is 1.03. The molecule has 0 aromatic heterocycles. The van der Waals surface area contributed by atoms with Crippen LogP contribution in [0.15, 0.2) is 0 Å². The van der Waals surface area contributed by atoms with Crippen LogP contribution in [0.1, 0.15) is 19.8 Å². The third kappa shape index (κ3) is 4.69. The third-order valence-corrected chi connectivity index (χ3v) is 2.18. The van der Waals surface area contributed by atoms with Crippen molar-refractivity contribution in [2.45, 2.75) is 23.0 Å². The molecule has 0 saturated carbocycles. The minimum absolute atomic E-state index is 0.133. The van der Waals surface area contributed by atoms with Crippen LogP contribution in [0.2, 0.25) is 0 Å². The molecule has 0 aliphatic carbocycles. The highest BCUT2D eigenvalue weighted by Gasteiger charge is 2.24. The second-order valence-electron chi connectivity index (χ2n) is 2.10. The van der Waals surface area contributed by atoms with Gasteiger partial charge >= 0.3 is 0 Å². The van der Waals surface area contributed by atoms with E-state index in [2.05, 4.69) is 31.9 Å². The quantitative estimate of drug-likeness (QED) is 0.728. The van der Waals surface area contributed by atoms with E-state index in [1.54, 1.807) is 6.92 Å². The Labute approximate surface area is 82.8 Å². The molecule has 0 aliphatic rings. The van der Waals surface area contributed by atoms with Gasteiger partial charge in [0.15, 0.2) is 5.78 Å². The van der Waals surface area contributed by atoms with Gasteiger partial charge in [0, 0.05) is 12.3 Å². The first kappa shape index (κ1) is 10.9. The zero-order chi connectivity index (χ0) is 8.20. The van der Waals surface area contributed by atoms with Gasteiger partial charge in [0.2, 0.25) is 0 Å². The fourth-order valence-corrected chi connectivity index (χ4v) is 0.977. The maximum atomic E-state index is 11.1. The summed E-state index contributed by atoms with van der Waals surface area (Å²) in [5.41, 5.74) is 0. The molecule has 0 aliphatic heterocycles. The van der Waals surface area contributed by atoms with Crippen molar-refractivity contribution < 1.29 is 4.79 Å². The molecule has 0 N–H and O–H groups in total. The first-order valence-corrected chi connectivity index (χ1v) is 5.07. The molecule has 0 radical (unpaired) electrons. The lowest BCUT2D eigenvalue weighted by molar-refractivity contribution is -0.118. The standard InChI is InChI=1S/C6H9Br2ClO/c1-6(7,8)5(10)3-2-4-9/h2-4H2,1H3. The lowest BCUT2D eigenvalue weighted by Gasteiger charge is -2.10. The van der Waals surface area contributed by atoms with E-state index in [0.29, 0.717) is 12.3 Å². The number of alkyl halides is 3. The number of hydrogen-bond donors (Lipinski definition) is 0. The molecule has 10 heavy (non-hydrogen) atoms. The number of carbonyl (C=O) groups excluding carboxylic acids is 1. The van der Waals surface area contributed by atoms with E-state index in [0.717, 1.165) is 6.42 Å². The van der Waals surface area contributed by atoms with Crippen LogP contribution >= 0.6 is 43.5 Å². The Balaban J connectivity index is 3.64. The normalized spacial score (nSPS) is 11.6. The van der Waals surface area contributed by atoms with Crippen LogP contribution in [0.4, 0.5) is 0 Å². The molecule has 0 amide bonds. The molecule has 0 aromatic rings. The maximum absolute atomic E-state index is 11.1. The van der Waals surface area contributed by atoms with Crippen molar-refractivity contribution in [2.24, 2.45) is 0 Å². The highest BCUT2D eigenvalue weighted by Crippen LogP contribution is 2.27. The smallest absolute Gasteiger partial charge is 0.159 e. The lowest BCUT2D eigenvalue weighted by atomic mass is 10.2. The van der Waals surface area contributed by atoms with Gasteiger partial charge in [-0.2, -0.15) is 0 Å². The van der Waals surface area contributed by atoms with Crippen LogP contribution in [-0.2, 0) is 4.79 Å². The van der Waals surface area contributed by atoms with Gasteiger partial charge in [-0.1, -0.05) is 31.9 Å². The minimum Gasteiger partial charge on any atom is -0.297 e. The molecule has 0 spiro atoms. The Morgan fingerprint density at radius 3 is 2.40 bits per heavy atom. The summed E-state index contributed by atoms with van der Waals surface area (Å²) in [5, 5.41) is 0. The fourth-order valence-electron chi connectivity index (χ4n) is 0.447. The Bertz CT molecular complexity index is 119. The molecule has 0 atom stereocenters. The molecule has 0 rings (SSSR count). The van der Waals surface area contributed by atoms with E-state index in [1.807, 2.05) is 0 Å². The molecule has 0 heterocycles. The molecule has 0 aromatic carbocycles. The Hall–Kier alpha value is 0.920. The average Bonchev–Trinajstić information content (AvgIpc) is 1.80. The van der Waals surface area contributed by atoms with Crippen LogP contribution in [0.5, 0.6) is 0 Å². The van der Waals surface area contributed by atoms with Gasteiger partial charge in [-0.15, -0.1) is 11.6 Å². The van der Waals surface area contributed by atoms with E-state index < -0.39 is 3.23 Å². The highest BCUT2D eigenvalue weighted by molar-refractivity contribution is 9.25. The zero-order valence-electron chi connectivity index (χ0n) is 5.66. The van der Waals surface area contributed by atoms with Gasteiger partial charge in [0.1, 0.15) is 3.23 Å². The summed E-state index contributed by atoms with van der Waals surface area (Å²) in [5.74, 6) is 0.676. The predicted octanol–water partition coefficient (Wildman–Crippen LogP) is 3.08. The molecule has 4 heteroatoms. The van der Waals surface area contributed by atoms with Crippen molar-refractivity contribution in [1.29, 1.82) is 0 Å². The minimum atomic E-state index is -0.563. The van der Waals surface area contributed by atoms with Crippen molar-refractivity contribution in [3.05, 3.63) is 0 Å². The van der Waals surface area contributed by atoms with E-state index >= 15 is 0 Å². The monoisotopic (exact) mass is 290 g/mol. The molecule has 0 bridgehead atoms. The van der Waals surface area contributed by atoms with Gasteiger partial charge in [-0.25, -0.2) is 0 Å². The second-order valence-corrected chi connectivity index (χ2v) is 6.72. The van der Waals surface area contributed by atoms with Crippen LogP contribution in [-0.4, -0.2) is 14.9 Å². The van der Waals surface area contributed by atoms with Gasteiger partial charge in [0.25, 0.3) is 0 Å². The topological polar surface area (TPSA) is 17.1 Å². The van der Waals surface area contributed by atoms with Crippen molar-refractivity contribution in [3.8, 4) is 0 Å². The molecule has 0 saturated heterocycles. The largest absolute Gasteiger partial charge is 0.297 e. The Morgan fingerprint density at radius 2 is 2.10 bits per heavy atom. The molecule has 0 fully saturated rings. The Kier molecular flexibility index (Phi) is 5.16. The summed E-state index contributed by atoms with van der Waals surface area (Å²) >= 11 is 11.8. The fraction of sp³-hybridized carbons (Fsp3) is 0.833. The van der Waals surface area contributed by atoms with E-state index in [9.17, 15) is 4.79 Å². The molecule has 0 unspecified atom stereocenters. The van der Waals surface area contributed by atoms with E-state index in [4.69, 9.17) is 11.6 Å². The summed E-state index contributed by atoms with van der Waals surface area (Å²) in [6.07, 6.45) is 1.27. The van der Waals surface area contributed by atoms with Crippen LogP contribution < -0.4 is 0 Å². The summed E-state index contributed by atoms with van der Waals surface area (Å²) in [6, 6.07) is 0. The summed E-state index contributed by atoms with van der Waals surface area (Å²) in [4.78, 5) is 11.1.